The Bertz CT molecular complexity index is 1440. The molecule has 1 N–H and O–H groups in total. The third-order valence-corrected chi connectivity index (χ3v) is 5.58. The zero-order valence-corrected chi connectivity index (χ0v) is 17.8. The Morgan fingerprint density at radius 1 is 1.09 bits per heavy atom. The molecule has 3 amide bonds. The molecule has 0 unspecified atom stereocenters. The molecule has 0 spiro atoms. The second-order valence-electron chi connectivity index (χ2n) is 7.56. The molecule has 1 aliphatic heterocycles. The first-order valence-corrected chi connectivity index (χ1v) is 10.5. The number of aromatic nitrogens is 2. The summed E-state index contributed by atoms with van der Waals surface area (Å²) in [6.45, 7) is 1.90. The van der Waals surface area contributed by atoms with Gasteiger partial charge in [-0.2, -0.15) is 5.26 Å². The Morgan fingerprint density at radius 3 is 2.79 bits per heavy atom. The number of imide groups is 1. The van der Waals surface area contributed by atoms with Gasteiger partial charge in [0.2, 0.25) is 0 Å². The molecule has 1 saturated heterocycles. The highest BCUT2D eigenvalue weighted by Crippen LogP contribution is 2.34. The SMILES string of the molecule is CCc1cc(N2C(=O)CN(c3cccc(C#N)c3)C2=O)ccc1Oc1ccnc2[nH]ccc12. The van der Waals surface area contributed by atoms with Gasteiger partial charge in [-0.1, -0.05) is 13.0 Å². The van der Waals surface area contributed by atoms with E-state index in [1.54, 1.807) is 60.9 Å². The number of carbonyl (C=O) groups excluding carboxylic acids is 2. The molecule has 3 heterocycles. The first-order valence-electron chi connectivity index (χ1n) is 10.5. The highest BCUT2D eigenvalue weighted by Gasteiger charge is 2.38. The number of hydrogen-bond acceptors (Lipinski definition) is 5. The molecule has 0 aliphatic carbocycles. The minimum Gasteiger partial charge on any atom is -0.456 e. The summed E-state index contributed by atoms with van der Waals surface area (Å²) in [4.78, 5) is 35.8. The van der Waals surface area contributed by atoms with Crippen LogP contribution in [0.15, 0.2) is 67.0 Å². The molecular weight excluding hydrogens is 418 g/mol. The second kappa shape index (κ2) is 8.13. The van der Waals surface area contributed by atoms with E-state index in [0.717, 1.165) is 16.6 Å². The number of H-pyrrole nitrogens is 1. The average molecular weight is 437 g/mol. The van der Waals surface area contributed by atoms with Crippen LogP contribution >= 0.6 is 0 Å². The number of pyridine rings is 1. The molecule has 162 valence electrons. The number of nitrogens with one attached hydrogen (secondary N) is 1. The summed E-state index contributed by atoms with van der Waals surface area (Å²) in [7, 11) is 0. The molecule has 4 aromatic rings. The summed E-state index contributed by atoms with van der Waals surface area (Å²) in [5.74, 6) is 0.981. The number of anilines is 2. The fourth-order valence-electron chi connectivity index (χ4n) is 3.92. The maximum absolute atomic E-state index is 13.1. The van der Waals surface area contributed by atoms with Gasteiger partial charge >= 0.3 is 6.03 Å². The first-order chi connectivity index (χ1) is 16.1. The summed E-state index contributed by atoms with van der Waals surface area (Å²) in [5, 5.41) is 10.0. The number of fused-ring (bicyclic) bond motifs is 1. The molecule has 2 aromatic heterocycles. The highest BCUT2D eigenvalue weighted by molar-refractivity contribution is 6.27. The predicted octanol–water partition coefficient (Wildman–Crippen LogP) is 4.76. The van der Waals surface area contributed by atoms with Gasteiger partial charge in [0.05, 0.1) is 22.7 Å². The number of carbonyl (C=O) groups is 2. The van der Waals surface area contributed by atoms with E-state index in [1.807, 2.05) is 13.0 Å². The number of ether oxygens (including phenoxy) is 1. The zero-order chi connectivity index (χ0) is 22.9. The minimum atomic E-state index is -0.450. The monoisotopic (exact) mass is 437 g/mol. The quantitative estimate of drug-likeness (QED) is 0.454. The summed E-state index contributed by atoms with van der Waals surface area (Å²) in [5.41, 5.74) is 3.01. The van der Waals surface area contributed by atoms with E-state index in [0.29, 0.717) is 34.9 Å². The van der Waals surface area contributed by atoms with Crippen molar-refractivity contribution in [1.29, 1.82) is 5.26 Å². The fourth-order valence-corrected chi connectivity index (χ4v) is 3.92. The molecule has 1 aliphatic rings. The summed E-state index contributed by atoms with van der Waals surface area (Å²) >= 11 is 0. The van der Waals surface area contributed by atoms with E-state index in [-0.39, 0.29) is 12.5 Å². The highest BCUT2D eigenvalue weighted by atomic mass is 16.5. The number of urea groups is 1. The van der Waals surface area contributed by atoms with Crippen molar-refractivity contribution < 1.29 is 14.3 Å². The number of rotatable bonds is 5. The Kier molecular flexibility index (Phi) is 4.99. The number of benzene rings is 2. The Hall–Kier alpha value is -4.64. The van der Waals surface area contributed by atoms with Crippen molar-refractivity contribution in [2.24, 2.45) is 0 Å². The molecule has 33 heavy (non-hydrogen) atoms. The number of aromatic amines is 1. The van der Waals surface area contributed by atoms with Crippen LogP contribution in [-0.2, 0) is 11.2 Å². The lowest BCUT2D eigenvalue weighted by atomic mass is 10.1. The van der Waals surface area contributed by atoms with Crippen molar-refractivity contribution in [3.8, 4) is 17.6 Å². The third-order valence-electron chi connectivity index (χ3n) is 5.58. The average Bonchev–Trinajstić information content (AvgIpc) is 3.44. The van der Waals surface area contributed by atoms with Crippen LogP contribution in [0.25, 0.3) is 11.0 Å². The van der Waals surface area contributed by atoms with Gasteiger partial charge < -0.3 is 9.72 Å². The van der Waals surface area contributed by atoms with Gasteiger partial charge in [-0.3, -0.25) is 9.69 Å². The molecule has 8 heteroatoms. The van der Waals surface area contributed by atoms with Gasteiger partial charge in [0.25, 0.3) is 5.91 Å². The minimum absolute atomic E-state index is 0.0874. The van der Waals surface area contributed by atoms with Crippen LogP contribution in [0.1, 0.15) is 18.1 Å². The summed E-state index contributed by atoms with van der Waals surface area (Å²) < 4.78 is 6.17. The van der Waals surface area contributed by atoms with E-state index >= 15 is 0 Å². The van der Waals surface area contributed by atoms with E-state index in [4.69, 9.17) is 10.00 Å². The topological polar surface area (TPSA) is 102 Å². The summed E-state index contributed by atoms with van der Waals surface area (Å²) in [6, 6.07) is 17.2. The van der Waals surface area contributed by atoms with E-state index in [1.165, 1.54) is 9.80 Å². The summed E-state index contributed by atoms with van der Waals surface area (Å²) in [6.07, 6.45) is 4.12. The van der Waals surface area contributed by atoms with Gasteiger partial charge in [0, 0.05) is 18.1 Å². The van der Waals surface area contributed by atoms with Crippen molar-refractivity contribution in [1.82, 2.24) is 9.97 Å². The van der Waals surface area contributed by atoms with Crippen LogP contribution in [0.3, 0.4) is 0 Å². The lowest BCUT2D eigenvalue weighted by Gasteiger charge is -2.19. The maximum Gasteiger partial charge on any atom is 0.336 e. The van der Waals surface area contributed by atoms with E-state index < -0.39 is 6.03 Å². The Balaban J connectivity index is 1.45. The predicted molar refractivity (Wildman–Crippen MR) is 123 cm³/mol. The van der Waals surface area contributed by atoms with Crippen LogP contribution in [0.5, 0.6) is 11.5 Å². The van der Waals surface area contributed by atoms with Crippen molar-refractivity contribution in [3.05, 3.63) is 78.1 Å². The van der Waals surface area contributed by atoms with Crippen molar-refractivity contribution in [2.75, 3.05) is 16.3 Å². The normalized spacial score (nSPS) is 13.6. The number of nitrogens with zero attached hydrogens (tertiary/aromatic N) is 4. The Labute approximate surface area is 189 Å². The molecule has 5 rings (SSSR count). The van der Waals surface area contributed by atoms with Crippen LogP contribution in [0.2, 0.25) is 0 Å². The standard InChI is InChI=1S/C25H19N5O3/c1-2-17-13-19(6-7-21(17)33-22-9-11-28-24-20(22)8-10-27-24)30-23(31)15-29(25(30)32)18-5-3-4-16(12-18)14-26/h3-13H,2,15H2,1H3,(H,27,28). The van der Waals surface area contributed by atoms with Gasteiger partial charge in [0.1, 0.15) is 23.7 Å². The number of aryl methyl sites for hydroxylation is 1. The molecule has 8 nitrogen and oxygen atoms in total. The largest absolute Gasteiger partial charge is 0.456 e. The molecule has 0 saturated carbocycles. The fraction of sp³-hybridized carbons (Fsp3) is 0.120. The zero-order valence-electron chi connectivity index (χ0n) is 17.8. The van der Waals surface area contributed by atoms with Gasteiger partial charge in [-0.15, -0.1) is 0 Å². The molecule has 2 aromatic carbocycles. The van der Waals surface area contributed by atoms with Gasteiger partial charge in [-0.05, 0) is 60.5 Å². The number of amides is 3. The van der Waals surface area contributed by atoms with E-state index in [9.17, 15) is 9.59 Å². The van der Waals surface area contributed by atoms with Gasteiger partial charge in [-0.25, -0.2) is 14.7 Å². The smallest absolute Gasteiger partial charge is 0.336 e. The number of nitriles is 1. The molecule has 1 fully saturated rings. The Morgan fingerprint density at radius 2 is 1.97 bits per heavy atom. The third kappa shape index (κ3) is 3.55. The van der Waals surface area contributed by atoms with Crippen LogP contribution in [0, 0.1) is 11.3 Å². The lowest BCUT2D eigenvalue weighted by Crippen LogP contribution is -2.33. The van der Waals surface area contributed by atoms with Crippen LogP contribution in [-0.4, -0.2) is 28.5 Å². The second-order valence-corrected chi connectivity index (χ2v) is 7.56. The number of hydrogen-bond donors (Lipinski definition) is 1. The molecular formula is C25H19N5O3. The molecule has 0 bridgehead atoms. The molecule has 0 radical (unpaired) electrons. The van der Waals surface area contributed by atoms with Crippen molar-refractivity contribution in [3.63, 3.8) is 0 Å². The van der Waals surface area contributed by atoms with Crippen molar-refractivity contribution >= 4 is 34.3 Å². The van der Waals surface area contributed by atoms with Crippen LogP contribution in [0.4, 0.5) is 16.2 Å². The van der Waals surface area contributed by atoms with E-state index in [2.05, 4.69) is 16.0 Å². The maximum atomic E-state index is 13.1. The van der Waals surface area contributed by atoms with Crippen molar-refractivity contribution in [2.45, 2.75) is 13.3 Å². The van der Waals surface area contributed by atoms with Gasteiger partial charge in [0.15, 0.2) is 0 Å². The first kappa shape index (κ1) is 20.3. The lowest BCUT2D eigenvalue weighted by molar-refractivity contribution is -0.115. The van der Waals surface area contributed by atoms with Crippen LogP contribution < -0.4 is 14.5 Å². The molecule has 0 atom stereocenters.